The zero-order valence-corrected chi connectivity index (χ0v) is 34.5. The van der Waals surface area contributed by atoms with Crippen molar-refractivity contribution in [2.75, 3.05) is 13.2 Å². The van der Waals surface area contributed by atoms with E-state index >= 15 is 0 Å². The van der Waals surface area contributed by atoms with Gasteiger partial charge in [-0.2, -0.15) is 0 Å². The molecule has 0 unspecified atom stereocenters. The summed E-state index contributed by atoms with van der Waals surface area (Å²) in [5.41, 5.74) is -1.31. The van der Waals surface area contributed by atoms with Crippen LogP contribution in [0.2, 0.25) is 0 Å². The van der Waals surface area contributed by atoms with Gasteiger partial charge < -0.3 is 29.7 Å². The lowest BCUT2D eigenvalue weighted by Crippen LogP contribution is -2.70. The molecular formula is C41H52F3N5O9S. The Labute approximate surface area is 341 Å². The smallest absolute Gasteiger partial charge is 0.483 e. The van der Waals surface area contributed by atoms with Crippen LogP contribution in [0.1, 0.15) is 103 Å². The third-order valence-electron chi connectivity index (χ3n) is 12.5. The molecule has 322 valence electrons. The number of aryl methyl sites for hydroxylation is 2. The molecule has 7 rings (SSSR count). The highest BCUT2D eigenvalue weighted by Gasteiger charge is 2.59. The second-order valence-electron chi connectivity index (χ2n) is 17.4. The number of pyridine rings is 1. The quantitative estimate of drug-likeness (QED) is 0.295. The first-order valence-corrected chi connectivity index (χ1v) is 21.9. The Morgan fingerprint density at radius 3 is 2.54 bits per heavy atom. The number of ether oxygens (including phenoxy) is 3. The number of carbonyl (C=O) groups is 4. The Bertz CT molecular complexity index is 2160. The summed E-state index contributed by atoms with van der Waals surface area (Å²) in [7, 11) is -4.06. The van der Waals surface area contributed by atoms with Gasteiger partial charge in [0.25, 0.3) is 5.91 Å². The third kappa shape index (κ3) is 8.69. The summed E-state index contributed by atoms with van der Waals surface area (Å²) in [5, 5.41) is 6.06. The standard InChI is InChI=1S/C41H52F3N5O9S/c1-24(2)22-56-37(53)46-31-11-9-7-5-6-8-10-26-14-17-40(26,36(52)48-59(54,55)38(4)18-19-38)47-34(50)32-21-39(23-49(32)35(31)51)16-15-28-29-20-27(57-41(42,43)44)12-13-30(29)45-25(3)33(28)58-39/h8,10,12-13,20,24,26,31-32H,5-7,9,11,14-19,21-23H2,1-4H3,(H,46,53)(H,47,50)(H,48,52)/b10-8-/t26-,31+,32+,39-,40-/m1/s1. The van der Waals surface area contributed by atoms with Crippen LogP contribution >= 0.6 is 0 Å². The number of amides is 4. The number of aromatic nitrogens is 1. The SMILES string of the molecule is Cc1nc2ccc(OC(F)(F)F)cc2c2c1O[C@]1(CC2)C[C@H]2C(=O)N[C@]3(C(=O)NS(=O)(=O)C4(C)CC4)CC[C@H]3/C=C\CCCCC[C@H](NC(=O)OCC(C)C)C(=O)N2C1. The normalized spacial score (nSPS) is 28.7. The maximum atomic E-state index is 14.8. The minimum atomic E-state index is -4.91. The number of fused-ring (bicyclic) bond motifs is 5. The molecular weight excluding hydrogens is 796 g/mol. The van der Waals surface area contributed by atoms with E-state index in [-0.39, 0.29) is 44.8 Å². The number of rotatable bonds is 7. The molecule has 4 heterocycles. The molecule has 1 saturated heterocycles. The van der Waals surface area contributed by atoms with Gasteiger partial charge in [0.05, 0.1) is 29.1 Å². The van der Waals surface area contributed by atoms with Gasteiger partial charge in [0, 0.05) is 23.3 Å². The second-order valence-corrected chi connectivity index (χ2v) is 19.6. The number of nitrogens with one attached hydrogen (secondary N) is 3. The summed E-state index contributed by atoms with van der Waals surface area (Å²) < 4.78 is 83.6. The molecule has 2 aliphatic carbocycles. The first kappa shape index (κ1) is 42.5. The summed E-state index contributed by atoms with van der Waals surface area (Å²) in [6.45, 7) is 7.04. The highest BCUT2D eigenvalue weighted by atomic mass is 32.2. The molecule has 3 aliphatic heterocycles. The van der Waals surface area contributed by atoms with E-state index in [2.05, 4.69) is 25.1 Å². The van der Waals surface area contributed by atoms with Gasteiger partial charge in [0.15, 0.2) is 0 Å². The fourth-order valence-electron chi connectivity index (χ4n) is 8.67. The number of sulfonamides is 1. The number of allylic oxidation sites excluding steroid dienone is 1. The number of benzene rings is 1. The van der Waals surface area contributed by atoms with Crippen molar-refractivity contribution >= 4 is 44.7 Å². The van der Waals surface area contributed by atoms with Crippen LogP contribution in [-0.2, 0) is 35.6 Å². The van der Waals surface area contributed by atoms with E-state index in [4.69, 9.17) is 9.47 Å². The van der Waals surface area contributed by atoms with Crippen molar-refractivity contribution in [3.63, 3.8) is 0 Å². The minimum Gasteiger partial charge on any atom is -0.483 e. The van der Waals surface area contributed by atoms with E-state index in [1.165, 1.54) is 23.1 Å². The van der Waals surface area contributed by atoms with Gasteiger partial charge in [0.1, 0.15) is 34.7 Å². The van der Waals surface area contributed by atoms with E-state index in [0.29, 0.717) is 72.9 Å². The average Bonchev–Trinajstić information content (AvgIpc) is 3.82. The fraction of sp³-hybridized carbons (Fsp3) is 0.634. The number of alkyl halides is 3. The van der Waals surface area contributed by atoms with Crippen LogP contribution in [-0.4, -0.2) is 89.6 Å². The van der Waals surface area contributed by atoms with Crippen LogP contribution in [0.5, 0.6) is 11.5 Å². The van der Waals surface area contributed by atoms with Crippen molar-refractivity contribution in [3.05, 3.63) is 41.6 Å². The van der Waals surface area contributed by atoms with Crippen LogP contribution in [0.3, 0.4) is 0 Å². The fourth-order valence-corrected chi connectivity index (χ4v) is 9.98. The molecule has 2 aromatic rings. The van der Waals surface area contributed by atoms with Crippen molar-refractivity contribution in [3.8, 4) is 11.5 Å². The maximum Gasteiger partial charge on any atom is 0.573 e. The van der Waals surface area contributed by atoms with Crippen molar-refractivity contribution in [2.45, 2.75) is 139 Å². The number of halogens is 3. The van der Waals surface area contributed by atoms with Gasteiger partial charge >= 0.3 is 12.5 Å². The Kier molecular flexibility index (Phi) is 11.4. The predicted octanol–water partition coefficient (Wildman–Crippen LogP) is 5.64. The van der Waals surface area contributed by atoms with Gasteiger partial charge in [-0.25, -0.2) is 18.2 Å². The van der Waals surface area contributed by atoms with Gasteiger partial charge in [-0.15, -0.1) is 13.2 Å². The lowest BCUT2D eigenvalue weighted by Gasteiger charge is -2.48. The lowest BCUT2D eigenvalue weighted by atomic mass is 9.65. The summed E-state index contributed by atoms with van der Waals surface area (Å²) in [6, 6.07) is 1.59. The van der Waals surface area contributed by atoms with Gasteiger partial charge in [-0.1, -0.05) is 38.8 Å². The molecule has 59 heavy (non-hydrogen) atoms. The molecule has 1 aromatic carbocycles. The molecule has 5 atom stereocenters. The van der Waals surface area contributed by atoms with E-state index in [9.17, 15) is 40.8 Å². The van der Waals surface area contributed by atoms with E-state index in [1.54, 1.807) is 13.8 Å². The lowest BCUT2D eigenvalue weighted by molar-refractivity contribution is -0.274. The van der Waals surface area contributed by atoms with Crippen LogP contribution in [0.25, 0.3) is 10.9 Å². The molecule has 3 N–H and O–H groups in total. The zero-order chi connectivity index (χ0) is 42.5. The number of hydrogen-bond donors (Lipinski definition) is 3. The third-order valence-corrected chi connectivity index (χ3v) is 14.6. The van der Waals surface area contributed by atoms with Gasteiger partial charge in [-0.3, -0.25) is 19.1 Å². The molecule has 0 bridgehead atoms. The molecule has 3 fully saturated rings. The molecule has 14 nitrogen and oxygen atoms in total. The second kappa shape index (κ2) is 15.8. The van der Waals surface area contributed by atoms with Crippen molar-refractivity contribution in [2.24, 2.45) is 11.8 Å². The summed E-state index contributed by atoms with van der Waals surface area (Å²) in [4.78, 5) is 62.7. The first-order chi connectivity index (χ1) is 27.7. The Morgan fingerprint density at radius 1 is 1.10 bits per heavy atom. The molecule has 1 aromatic heterocycles. The monoisotopic (exact) mass is 847 g/mol. The van der Waals surface area contributed by atoms with E-state index in [0.717, 1.165) is 6.42 Å². The molecule has 5 aliphatic rings. The molecule has 4 amide bonds. The van der Waals surface area contributed by atoms with E-state index in [1.807, 2.05) is 26.0 Å². The Balaban J connectivity index is 1.24. The van der Waals surface area contributed by atoms with Crippen LogP contribution in [0, 0.1) is 18.8 Å². The number of hydrogen-bond acceptors (Lipinski definition) is 10. The van der Waals surface area contributed by atoms with Crippen molar-refractivity contribution in [1.29, 1.82) is 0 Å². The number of carbonyl (C=O) groups excluding carboxylic acids is 4. The first-order valence-electron chi connectivity index (χ1n) is 20.4. The summed E-state index contributed by atoms with van der Waals surface area (Å²) in [6.07, 6.45) is 2.99. The zero-order valence-electron chi connectivity index (χ0n) is 33.7. The predicted molar refractivity (Wildman–Crippen MR) is 209 cm³/mol. The molecule has 18 heteroatoms. The van der Waals surface area contributed by atoms with Gasteiger partial charge in [-0.05, 0) is 95.8 Å². The Hall–Kier alpha value is -4.61. The average molecular weight is 848 g/mol. The van der Waals surface area contributed by atoms with E-state index < -0.39 is 79.8 Å². The van der Waals surface area contributed by atoms with Crippen LogP contribution in [0.4, 0.5) is 18.0 Å². The van der Waals surface area contributed by atoms with Crippen molar-refractivity contribution < 1.29 is 55.0 Å². The van der Waals surface area contributed by atoms with Gasteiger partial charge in [0.2, 0.25) is 21.8 Å². The van der Waals surface area contributed by atoms with Crippen LogP contribution < -0.4 is 24.8 Å². The molecule has 0 radical (unpaired) electrons. The number of nitrogens with zero attached hydrogens (tertiary/aromatic N) is 2. The highest BCUT2D eigenvalue weighted by molar-refractivity contribution is 7.91. The topological polar surface area (TPSA) is 182 Å². The summed E-state index contributed by atoms with van der Waals surface area (Å²) in [5.74, 6) is -2.67. The molecule has 2 saturated carbocycles. The molecule has 1 spiro atoms. The van der Waals surface area contributed by atoms with Crippen LogP contribution in [0.15, 0.2) is 30.4 Å². The maximum absolute atomic E-state index is 14.8. The number of alkyl carbamates (subject to hydrolysis) is 1. The summed E-state index contributed by atoms with van der Waals surface area (Å²) >= 11 is 0. The largest absolute Gasteiger partial charge is 0.573 e. The Morgan fingerprint density at radius 2 is 1.86 bits per heavy atom. The minimum absolute atomic E-state index is 0.0380. The highest BCUT2D eigenvalue weighted by Crippen LogP contribution is 2.47. The van der Waals surface area contributed by atoms with Crippen molar-refractivity contribution in [1.82, 2.24) is 25.2 Å².